The molecule has 78 valence electrons. The fraction of sp³-hybridized carbons (Fsp3) is 0.455. The molecule has 0 radical (unpaired) electrons. The van der Waals surface area contributed by atoms with Gasteiger partial charge in [-0.1, -0.05) is 24.6 Å². The van der Waals surface area contributed by atoms with Gasteiger partial charge in [0.25, 0.3) is 0 Å². The highest BCUT2D eigenvalue weighted by atomic mass is 35.5. The number of halogens is 1. The highest BCUT2D eigenvalue weighted by Crippen LogP contribution is 2.23. The molecule has 0 saturated heterocycles. The van der Waals surface area contributed by atoms with Crippen LogP contribution in [0.4, 0.5) is 0 Å². The Morgan fingerprint density at radius 1 is 1.50 bits per heavy atom. The van der Waals surface area contributed by atoms with Crippen molar-refractivity contribution in [2.45, 2.75) is 32.9 Å². The van der Waals surface area contributed by atoms with E-state index in [0.29, 0.717) is 11.1 Å². The molecule has 1 aromatic carbocycles. The average Bonchev–Trinajstić information content (AvgIpc) is 2.19. The Balaban J connectivity index is 2.55. The van der Waals surface area contributed by atoms with Crippen LogP contribution in [-0.4, -0.2) is 11.1 Å². The molecule has 1 rings (SSSR count). The van der Waals surface area contributed by atoms with Crippen molar-refractivity contribution in [1.82, 2.24) is 5.32 Å². The molecule has 1 aromatic rings. The molecule has 0 fully saturated rings. The van der Waals surface area contributed by atoms with E-state index >= 15 is 0 Å². The standard InChI is InChI=1S/C11H16ClNO/c1-3-8(2)13-7-9-4-5-11(14)10(12)6-9/h4-6,8,13-14H,3,7H2,1-2H3. The first kappa shape index (κ1) is 11.3. The van der Waals surface area contributed by atoms with E-state index in [1.165, 1.54) is 0 Å². The third-order valence-corrected chi connectivity index (χ3v) is 2.58. The van der Waals surface area contributed by atoms with Gasteiger partial charge in [-0.3, -0.25) is 0 Å². The first-order chi connectivity index (χ1) is 6.63. The number of phenols is 1. The minimum Gasteiger partial charge on any atom is -0.506 e. The number of rotatable bonds is 4. The molecule has 1 atom stereocenters. The van der Waals surface area contributed by atoms with E-state index in [2.05, 4.69) is 19.2 Å². The lowest BCUT2D eigenvalue weighted by Gasteiger charge is -2.11. The number of benzene rings is 1. The molecular weight excluding hydrogens is 198 g/mol. The number of hydrogen-bond donors (Lipinski definition) is 2. The minimum atomic E-state index is 0.138. The van der Waals surface area contributed by atoms with E-state index in [0.717, 1.165) is 18.5 Å². The van der Waals surface area contributed by atoms with Crippen molar-refractivity contribution in [3.63, 3.8) is 0 Å². The summed E-state index contributed by atoms with van der Waals surface area (Å²) in [6.45, 7) is 5.07. The van der Waals surface area contributed by atoms with E-state index < -0.39 is 0 Å². The van der Waals surface area contributed by atoms with Crippen LogP contribution in [0.15, 0.2) is 18.2 Å². The van der Waals surface area contributed by atoms with Gasteiger partial charge in [0.15, 0.2) is 0 Å². The molecule has 1 unspecified atom stereocenters. The highest BCUT2D eigenvalue weighted by Gasteiger charge is 2.01. The van der Waals surface area contributed by atoms with Crippen LogP contribution < -0.4 is 5.32 Å². The summed E-state index contributed by atoms with van der Waals surface area (Å²) >= 11 is 5.79. The van der Waals surface area contributed by atoms with Gasteiger partial charge in [-0.15, -0.1) is 0 Å². The predicted octanol–water partition coefficient (Wildman–Crippen LogP) is 2.93. The molecule has 0 aliphatic rings. The lowest BCUT2D eigenvalue weighted by Crippen LogP contribution is -2.24. The SMILES string of the molecule is CCC(C)NCc1ccc(O)c(Cl)c1. The summed E-state index contributed by atoms with van der Waals surface area (Å²) in [5.74, 6) is 0.138. The zero-order valence-corrected chi connectivity index (χ0v) is 9.30. The molecule has 0 aromatic heterocycles. The van der Waals surface area contributed by atoms with Gasteiger partial charge in [-0.05, 0) is 31.0 Å². The molecule has 0 saturated carbocycles. The van der Waals surface area contributed by atoms with Crippen LogP contribution in [0.5, 0.6) is 5.75 Å². The van der Waals surface area contributed by atoms with Crippen molar-refractivity contribution in [3.8, 4) is 5.75 Å². The summed E-state index contributed by atoms with van der Waals surface area (Å²) in [7, 11) is 0. The summed E-state index contributed by atoms with van der Waals surface area (Å²) in [6, 6.07) is 5.78. The molecular formula is C11H16ClNO. The Bertz CT molecular complexity index is 301. The second-order valence-corrected chi connectivity index (χ2v) is 3.88. The molecule has 2 nitrogen and oxygen atoms in total. The fourth-order valence-corrected chi connectivity index (χ4v) is 1.30. The number of phenolic OH excluding ortho intramolecular Hbond substituents is 1. The highest BCUT2D eigenvalue weighted by molar-refractivity contribution is 6.32. The molecule has 0 heterocycles. The summed E-state index contributed by atoms with van der Waals surface area (Å²) in [4.78, 5) is 0. The summed E-state index contributed by atoms with van der Waals surface area (Å²) < 4.78 is 0. The summed E-state index contributed by atoms with van der Waals surface area (Å²) in [6.07, 6.45) is 1.10. The lowest BCUT2D eigenvalue weighted by atomic mass is 10.2. The monoisotopic (exact) mass is 213 g/mol. The predicted molar refractivity (Wildman–Crippen MR) is 59.7 cm³/mol. The smallest absolute Gasteiger partial charge is 0.134 e. The van der Waals surface area contributed by atoms with Crippen LogP contribution in [0.3, 0.4) is 0 Å². The number of aromatic hydroxyl groups is 1. The summed E-state index contributed by atoms with van der Waals surface area (Å²) in [5, 5.41) is 13.0. The van der Waals surface area contributed by atoms with Crippen LogP contribution in [0.2, 0.25) is 5.02 Å². The van der Waals surface area contributed by atoms with Crippen LogP contribution in [-0.2, 0) is 6.54 Å². The Kier molecular flexibility index (Phi) is 4.23. The van der Waals surface area contributed by atoms with E-state index in [1.807, 2.05) is 6.07 Å². The van der Waals surface area contributed by atoms with E-state index in [9.17, 15) is 5.11 Å². The van der Waals surface area contributed by atoms with Crippen LogP contribution in [0.25, 0.3) is 0 Å². The first-order valence-corrected chi connectivity index (χ1v) is 5.22. The molecule has 3 heteroatoms. The van der Waals surface area contributed by atoms with Gasteiger partial charge in [0.2, 0.25) is 0 Å². The van der Waals surface area contributed by atoms with Crippen LogP contribution in [0, 0.1) is 0 Å². The van der Waals surface area contributed by atoms with E-state index in [4.69, 9.17) is 11.6 Å². The van der Waals surface area contributed by atoms with Crippen LogP contribution in [0.1, 0.15) is 25.8 Å². The van der Waals surface area contributed by atoms with Crippen molar-refractivity contribution < 1.29 is 5.11 Å². The molecule has 0 spiro atoms. The maximum Gasteiger partial charge on any atom is 0.134 e. The van der Waals surface area contributed by atoms with Gasteiger partial charge in [0.05, 0.1) is 5.02 Å². The molecule has 14 heavy (non-hydrogen) atoms. The van der Waals surface area contributed by atoms with Gasteiger partial charge in [-0.25, -0.2) is 0 Å². The maximum absolute atomic E-state index is 9.21. The minimum absolute atomic E-state index is 0.138. The van der Waals surface area contributed by atoms with Gasteiger partial charge in [0.1, 0.15) is 5.75 Å². The molecule has 2 N–H and O–H groups in total. The van der Waals surface area contributed by atoms with Crippen molar-refractivity contribution >= 4 is 11.6 Å². The Morgan fingerprint density at radius 3 is 2.79 bits per heavy atom. The quantitative estimate of drug-likeness (QED) is 0.806. The van der Waals surface area contributed by atoms with Crippen molar-refractivity contribution in [3.05, 3.63) is 28.8 Å². The first-order valence-electron chi connectivity index (χ1n) is 4.84. The Morgan fingerprint density at radius 2 is 2.21 bits per heavy atom. The lowest BCUT2D eigenvalue weighted by molar-refractivity contribution is 0.475. The topological polar surface area (TPSA) is 32.3 Å². The van der Waals surface area contributed by atoms with Gasteiger partial charge in [0, 0.05) is 12.6 Å². The molecule has 0 bridgehead atoms. The van der Waals surface area contributed by atoms with Gasteiger partial charge < -0.3 is 10.4 Å². The Labute approximate surface area is 89.9 Å². The van der Waals surface area contributed by atoms with Crippen molar-refractivity contribution in [2.75, 3.05) is 0 Å². The Hall–Kier alpha value is -0.730. The van der Waals surface area contributed by atoms with Crippen LogP contribution >= 0.6 is 11.6 Å². The third kappa shape index (κ3) is 3.20. The maximum atomic E-state index is 9.21. The zero-order valence-electron chi connectivity index (χ0n) is 8.55. The fourth-order valence-electron chi connectivity index (χ4n) is 1.10. The molecule has 0 aliphatic heterocycles. The van der Waals surface area contributed by atoms with Gasteiger partial charge in [-0.2, -0.15) is 0 Å². The average molecular weight is 214 g/mol. The van der Waals surface area contributed by atoms with Crippen molar-refractivity contribution in [2.24, 2.45) is 0 Å². The van der Waals surface area contributed by atoms with Gasteiger partial charge >= 0.3 is 0 Å². The summed E-state index contributed by atoms with van der Waals surface area (Å²) in [5.41, 5.74) is 1.09. The number of nitrogens with one attached hydrogen (secondary N) is 1. The molecule has 0 amide bonds. The largest absolute Gasteiger partial charge is 0.506 e. The normalized spacial score (nSPS) is 12.8. The zero-order chi connectivity index (χ0) is 10.6. The second-order valence-electron chi connectivity index (χ2n) is 3.48. The molecule has 0 aliphatic carbocycles. The van der Waals surface area contributed by atoms with Crippen molar-refractivity contribution in [1.29, 1.82) is 0 Å². The number of hydrogen-bond acceptors (Lipinski definition) is 2. The van der Waals surface area contributed by atoms with E-state index in [1.54, 1.807) is 12.1 Å². The van der Waals surface area contributed by atoms with E-state index in [-0.39, 0.29) is 5.75 Å². The second kappa shape index (κ2) is 5.23. The third-order valence-electron chi connectivity index (χ3n) is 2.28.